The molecule has 0 atom stereocenters. The summed E-state index contributed by atoms with van der Waals surface area (Å²) in [5.41, 5.74) is 0.706. The van der Waals surface area contributed by atoms with E-state index in [-0.39, 0.29) is 6.61 Å². The normalized spacial score (nSPS) is 10.8. The number of halogens is 1. The minimum atomic E-state index is -0.0724. The lowest BCUT2D eigenvalue weighted by Gasteiger charge is -2.14. The maximum Gasteiger partial charge on any atom is 0.179 e. The Morgan fingerprint density at radius 2 is 2.06 bits per heavy atom. The van der Waals surface area contributed by atoms with Crippen LogP contribution in [0.25, 0.3) is 0 Å². The SMILES string of the molecule is COc1cc(CO)cc(Cl)c1OCCCN(C)C. The van der Waals surface area contributed by atoms with Crippen molar-refractivity contribution >= 4 is 11.6 Å². The molecule has 102 valence electrons. The van der Waals surface area contributed by atoms with E-state index in [4.69, 9.17) is 26.2 Å². The first kappa shape index (κ1) is 15.1. The molecule has 0 spiro atoms. The van der Waals surface area contributed by atoms with Gasteiger partial charge in [0.1, 0.15) is 0 Å². The monoisotopic (exact) mass is 273 g/mol. The van der Waals surface area contributed by atoms with Gasteiger partial charge in [-0.25, -0.2) is 0 Å². The Hall–Kier alpha value is -0.970. The maximum absolute atomic E-state index is 9.09. The van der Waals surface area contributed by atoms with E-state index in [1.807, 2.05) is 14.1 Å². The summed E-state index contributed by atoms with van der Waals surface area (Å²) in [4.78, 5) is 2.09. The summed E-state index contributed by atoms with van der Waals surface area (Å²) in [6.07, 6.45) is 0.911. The minimum Gasteiger partial charge on any atom is -0.493 e. The lowest BCUT2D eigenvalue weighted by Crippen LogP contribution is -2.15. The third-order valence-corrected chi connectivity index (χ3v) is 2.75. The van der Waals surface area contributed by atoms with Crippen LogP contribution in [0.4, 0.5) is 0 Å². The third-order valence-electron chi connectivity index (χ3n) is 2.47. The molecule has 18 heavy (non-hydrogen) atoms. The summed E-state index contributed by atoms with van der Waals surface area (Å²) < 4.78 is 10.9. The molecule has 0 aliphatic rings. The van der Waals surface area contributed by atoms with Gasteiger partial charge >= 0.3 is 0 Å². The molecular formula is C13H20ClNO3. The molecule has 0 aromatic heterocycles. The van der Waals surface area contributed by atoms with Crippen molar-refractivity contribution in [3.05, 3.63) is 22.7 Å². The molecule has 0 bridgehead atoms. The average Bonchev–Trinajstić information content (AvgIpc) is 2.34. The second-order valence-corrected chi connectivity index (χ2v) is 4.68. The first-order valence-electron chi connectivity index (χ1n) is 5.83. The quantitative estimate of drug-likeness (QED) is 0.773. The predicted octanol–water partition coefficient (Wildman–Crippen LogP) is 2.17. The van der Waals surface area contributed by atoms with Crippen LogP contribution >= 0.6 is 11.6 Å². The second-order valence-electron chi connectivity index (χ2n) is 4.27. The molecule has 1 N–H and O–H groups in total. The van der Waals surface area contributed by atoms with E-state index in [2.05, 4.69) is 4.90 Å². The number of rotatable bonds is 7. The smallest absolute Gasteiger partial charge is 0.179 e. The lowest BCUT2D eigenvalue weighted by atomic mass is 10.2. The van der Waals surface area contributed by atoms with Crippen LogP contribution in [0.15, 0.2) is 12.1 Å². The van der Waals surface area contributed by atoms with Crippen molar-refractivity contribution in [3.63, 3.8) is 0 Å². The van der Waals surface area contributed by atoms with Gasteiger partial charge in [-0.15, -0.1) is 0 Å². The van der Waals surface area contributed by atoms with Crippen molar-refractivity contribution in [2.24, 2.45) is 0 Å². The van der Waals surface area contributed by atoms with E-state index in [1.165, 1.54) is 0 Å². The maximum atomic E-state index is 9.09. The fourth-order valence-electron chi connectivity index (χ4n) is 1.56. The van der Waals surface area contributed by atoms with Crippen LogP contribution in [0.1, 0.15) is 12.0 Å². The fourth-order valence-corrected chi connectivity index (χ4v) is 1.85. The zero-order valence-electron chi connectivity index (χ0n) is 11.1. The molecule has 0 saturated heterocycles. The molecule has 1 aromatic carbocycles. The van der Waals surface area contributed by atoms with Crippen molar-refractivity contribution in [1.29, 1.82) is 0 Å². The Morgan fingerprint density at radius 3 is 2.61 bits per heavy atom. The third kappa shape index (κ3) is 4.37. The molecule has 0 amide bonds. The summed E-state index contributed by atoms with van der Waals surface area (Å²) in [7, 11) is 5.59. The minimum absolute atomic E-state index is 0.0724. The molecule has 1 rings (SSSR count). The molecule has 1 aromatic rings. The van der Waals surface area contributed by atoms with Gasteiger partial charge in [0.2, 0.25) is 0 Å². The van der Waals surface area contributed by atoms with Crippen molar-refractivity contribution in [2.75, 3.05) is 34.4 Å². The highest BCUT2D eigenvalue weighted by Crippen LogP contribution is 2.36. The number of benzene rings is 1. The van der Waals surface area contributed by atoms with Gasteiger partial charge in [-0.3, -0.25) is 0 Å². The van der Waals surface area contributed by atoms with Crippen LogP contribution in [0, 0.1) is 0 Å². The summed E-state index contributed by atoms with van der Waals surface area (Å²) in [6.45, 7) is 1.46. The van der Waals surface area contributed by atoms with Gasteiger partial charge < -0.3 is 19.5 Å². The zero-order valence-corrected chi connectivity index (χ0v) is 11.8. The number of nitrogens with zero attached hydrogens (tertiary/aromatic N) is 1. The van der Waals surface area contributed by atoms with E-state index in [0.717, 1.165) is 13.0 Å². The summed E-state index contributed by atoms with van der Waals surface area (Å²) in [6, 6.07) is 3.42. The number of hydrogen-bond acceptors (Lipinski definition) is 4. The molecule has 0 radical (unpaired) electrons. The van der Waals surface area contributed by atoms with Crippen LogP contribution < -0.4 is 9.47 Å². The zero-order chi connectivity index (χ0) is 13.5. The Kier molecular flexibility index (Phi) is 6.25. The molecule has 0 heterocycles. The van der Waals surface area contributed by atoms with Crippen molar-refractivity contribution in [2.45, 2.75) is 13.0 Å². The van der Waals surface area contributed by atoms with Gasteiger partial charge in [0, 0.05) is 6.54 Å². The Morgan fingerprint density at radius 1 is 1.33 bits per heavy atom. The number of hydrogen-bond donors (Lipinski definition) is 1. The van der Waals surface area contributed by atoms with E-state index >= 15 is 0 Å². The van der Waals surface area contributed by atoms with Gasteiger partial charge in [-0.2, -0.15) is 0 Å². The molecule has 0 fully saturated rings. The predicted molar refractivity (Wildman–Crippen MR) is 72.6 cm³/mol. The van der Waals surface area contributed by atoms with Crippen LogP contribution in [-0.4, -0.2) is 44.4 Å². The lowest BCUT2D eigenvalue weighted by molar-refractivity contribution is 0.265. The Labute approximate surface area is 113 Å². The Balaban J connectivity index is 2.69. The number of methoxy groups -OCH3 is 1. The average molecular weight is 274 g/mol. The van der Waals surface area contributed by atoms with E-state index in [0.29, 0.717) is 28.7 Å². The first-order chi connectivity index (χ1) is 8.58. The summed E-state index contributed by atoms with van der Waals surface area (Å²) in [5, 5.41) is 9.55. The topological polar surface area (TPSA) is 41.9 Å². The van der Waals surface area contributed by atoms with Crippen molar-refractivity contribution < 1.29 is 14.6 Å². The second kappa shape index (κ2) is 7.46. The number of aliphatic hydroxyl groups is 1. The molecule has 0 saturated carbocycles. The molecular weight excluding hydrogens is 254 g/mol. The van der Waals surface area contributed by atoms with Crippen LogP contribution in [-0.2, 0) is 6.61 Å². The standard InChI is InChI=1S/C13H20ClNO3/c1-15(2)5-4-6-18-13-11(14)7-10(9-16)8-12(13)17-3/h7-8,16H,4-6,9H2,1-3H3. The largest absolute Gasteiger partial charge is 0.493 e. The Bertz CT molecular complexity index is 383. The van der Waals surface area contributed by atoms with Gasteiger partial charge in [-0.05, 0) is 38.2 Å². The van der Waals surface area contributed by atoms with Crippen molar-refractivity contribution in [1.82, 2.24) is 4.90 Å². The first-order valence-corrected chi connectivity index (χ1v) is 6.21. The van der Waals surface area contributed by atoms with Gasteiger partial charge in [-0.1, -0.05) is 11.6 Å². The molecule has 0 unspecified atom stereocenters. The highest BCUT2D eigenvalue weighted by Gasteiger charge is 2.11. The van der Waals surface area contributed by atoms with Gasteiger partial charge in [0.05, 0.1) is 25.3 Å². The van der Waals surface area contributed by atoms with E-state index < -0.39 is 0 Å². The van der Waals surface area contributed by atoms with Crippen LogP contribution in [0.3, 0.4) is 0 Å². The highest BCUT2D eigenvalue weighted by atomic mass is 35.5. The van der Waals surface area contributed by atoms with Crippen molar-refractivity contribution in [3.8, 4) is 11.5 Å². The summed E-state index contributed by atoms with van der Waals surface area (Å²) >= 11 is 6.11. The molecule has 5 heteroatoms. The molecule has 0 aliphatic heterocycles. The highest BCUT2D eigenvalue weighted by molar-refractivity contribution is 6.32. The van der Waals surface area contributed by atoms with Gasteiger partial charge in [0.15, 0.2) is 11.5 Å². The molecule has 4 nitrogen and oxygen atoms in total. The number of ether oxygens (including phenoxy) is 2. The van der Waals surface area contributed by atoms with E-state index in [1.54, 1.807) is 19.2 Å². The van der Waals surface area contributed by atoms with Crippen LogP contribution in [0.2, 0.25) is 5.02 Å². The summed E-state index contributed by atoms with van der Waals surface area (Å²) in [5.74, 6) is 1.09. The van der Waals surface area contributed by atoms with Gasteiger partial charge in [0.25, 0.3) is 0 Å². The van der Waals surface area contributed by atoms with Crippen LogP contribution in [0.5, 0.6) is 11.5 Å². The number of aliphatic hydroxyl groups excluding tert-OH is 1. The fraction of sp³-hybridized carbons (Fsp3) is 0.538. The molecule has 0 aliphatic carbocycles. The van der Waals surface area contributed by atoms with E-state index in [9.17, 15) is 0 Å².